The highest BCUT2D eigenvalue weighted by Crippen LogP contribution is 2.00. The predicted molar refractivity (Wildman–Crippen MR) is 27.1 cm³/mol. The molecule has 0 bridgehead atoms. The molecule has 1 aliphatic heterocycles. The summed E-state index contributed by atoms with van der Waals surface area (Å²) in [6.07, 6.45) is 0. The molecule has 0 unspecified atom stereocenters. The maximum Gasteiger partial charge on any atom is 0.143 e. The van der Waals surface area contributed by atoms with Gasteiger partial charge in [0.1, 0.15) is 5.78 Å². The van der Waals surface area contributed by atoms with Gasteiger partial charge in [-0.3, -0.25) is 9.69 Å². The molecule has 0 atom stereocenters. The zero-order valence-corrected chi connectivity index (χ0v) is 4.48. The number of nitrogens with zero attached hydrogens (tertiary/aromatic N) is 1. The van der Waals surface area contributed by atoms with Gasteiger partial charge in [0, 0.05) is 13.1 Å². The van der Waals surface area contributed by atoms with E-state index >= 15 is 0 Å². The van der Waals surface area contributed by atoms with Gasteiger partial charge in [-0.2, -0.15) is 0 Å². The summed E-state index contributed by atoms with van der Waals surface area (Å²) in [7, 11) is 0. The van der Waals surface area contributed by atoms with E-state index in [2.05, 4.69) is 4.90 Å². The van der Waals surface area contributed by atoms with Crippen LogP contribution in [0.25, 0.3) is 0 Å². The third-order valence-corrected chi connectivity index (χ3v) is 0.986. The molecule has 0 aromatic heterocycles. The molecule has 0 spiro atoms. The standard InChI is InChI=1S/C5H9NO/c1-5(7)4-6-2-3-6/h2-4H2,1H3. The smallest absolute Gasteiger partial charge is 0.143 e. The fourth-order valence-corrected chi connectivity index (χ4v) is 0.544. The Morgan fingerprint density at radius 3 is 2.43 bits per heavy atom. The van der Waals surface area contributed by atoms with Crippen LogP contribution in [0.5, 0.6) is 0 Å². The minimum atomic E-state index is 0.275. The van der Waals surface area contributed by atoms with Crippen LogP contribution in [0.4, 0.5) is 0 Å². The fraction of sp³-hybridized carbons (Fsp3) is 0.800. The van der Waals surface area contributed by atoms with E-state index in [0.717, 1.165) is 13.1 Å². The molecule has 2 heteroatoms. The van der Waals surface area contributed by atoms with Crippen molar-refractivity contribution in [1.29, 1.82) is 0 Å². The van der Waals surface area contributed by atoms with Crippen LogP contribution in [0.2, 0.25) is 0 Å². The first-order valence-electron chi connectivity index (χ1n) is 2.51. The first kappa shape index (κ1) is 4.78. The Morgan fingerprint density at radius 1 is 1.71 bits per heavy atom. The minimum Gasteiger partial charge on any atom is -0.299 e. The number of Topliss-reactive ketones (excluding diaryl/α,β-unsaturated/α-hetero) is 1. The van der Waals surface area contributed by atoms with Gasteiger partial charge in [0.15, 0.2) is 0 Å². The van der Waals surface area contributed by atoms with Gasteiger partial charge in [0.25, 0.3) is 0 Å². The molecule has 0 aliphatic carbocycles. The van der Waals surface area contributed by atoms with E-state index < -0.39 is 0 Å². The summed E-state index contributed by atoms with van der Waals surface area (Å²) in [5.41, 5.74) is 0. The number of carbonyl (C=O) groups excluding carboxylic acids is 1. The first-order valence-corrected chi connectivity index (χ1v) is 2.51. The van der Waals surface area contributed by atoms with Crippen LogP contribution in [0.1, 0.15) is 6.92 Å². The molecule has 1 aliphatic rings. The molecule has 7 heavy (non-hydrogen) atoms. The highest BCUT2D eigenvalue weighted by molar-refractivity contribution is 5.77. The Balaban J connectivity index is 2.08. The summed E-state index contributed by atoms with van der Waals surface area (Å²) in [4.78, 5) is 12.4. The zero-order chi connectivity index (χ0) is 5.28. The van der Waals surface area contributed by atoms with Crippen LogP contribution < -0.4 is 0 Å². The molecule has 0 radical (unpaired) electrons. The van der Waals surface area contributed by atoms with Crippen molar-refractivity contribution in [3.05, 3.63) is 0 Å². The van der Waals surface area contributed by atoms with Crippen molar-refractivity contribution < 1.29 is 4.79 Å². The number of ketones is 1. The molecule has 0 aromatic rings. The quantitative estimate of drug-likeness (QED) is 0.450. The Kier molecular flexibility index (Phi) is 1.11. The molecule has 0 N–H and O–H groups in total. The molecule has 0 saturated carbocycles. The molecular formula is C5H9NO. The third kappa shape index (κ3) is 1.69. The zero-order valence-electron chi connectivity index (χ0n) is 4.48. The Labute approximate surface area is 43.1 Å². The van der Waals surface area contributed by atoms with Gasteiger partial charge in [-0.05, 0) is 6.92 Å². The molecule has 0 amide bonds. The van der Waals surface area contributed by atoms with E-state index in [4.69, 9.17) is 0 Å². The molecule has 0 aromatic carbocycles. The monoisotopic (exact) mass is 99.1 g/mol. The molecule has 1 heterocycles. The van der Waals surface area contributed by atoms with Crippen molar-refractivity contribution >= 4 is 5.78 Å². The van der Waals surface area contributed by atoms with Gasteiger partial charge in [0.2, 0.25) is 0 Å². The van der Waals surface area contributed by atoms with Crippen LogP contribution in [0, 0.1) is 0 Å². The maximum atomic E-state index is 10.3. The number of hydrogen-bond acceptors (Lipinski definition) is 2. The lowest BCUT2D eigenvalue weighted by Crippen LogP contribution is -2.07. The third-order valence-electron chi connectivity index (χ3n) is 0.986. The normalized spacial score (nSPS) is 19.6. The Morgan fingerprint density at radius 2 is 2.29 bits per heavy atom. The SMILES string of the molecule is CC(=O)CN1CC1. The Hall–Kier alpha value is -0.370. The van der Waals surface area contributed by atoms with Crippen molar-refractivity contribution in [3.63, 3.8) is 0 Å². The van der Waals surface area contributed by atoms with Gasteiger partial charge < -0.3 is 0 Å². The van der Waals surface area contributed by atoms with Gasteiger partial charge in [-0.25, -0.2) is 0 Å². The summed E-state index contributed by atoms with van der Waals surface area (Å²) < 4.78 is 0. The Bertz CT molecular complexity index is 86.1. The number of hydrogen-bond donors (Lipinski definition) is 0. The van der Waals surface area contributed by atoms with Gasteiger partial charge in [0.05, 0.1) is 6.54 Å². The van der Waals surface area contributed by atoms with Crippen molar-refractivity contribution in [3.8, 4) is 0 Å². The van der Waals surface area contributed by atoms with E-state index in [1.807, 2.05) is 0 Å². The predicted octanol–water partition coefficient (Wildman–Crippen LogP) is -0.109. The molecule has 1 saturated heterocycles. The molecule has 2 nitrogen and oxygen atoms in total. The topological polar surface area (TPSA) is 20.1 Å². The van der Waals surface area contributed by atoms with E-state index in [9.17, 15) is 4.79 Å². The lowest BCUT2D eigenvalue weighted by molar-refractivity contribution is -0.117. The lowest BCUT2D eigenvalue weighted by Gasteiger charge is -1.89. The number of rotatable bonds is 2. The van der Waals surface area contributed by atoms with Crippen molar-refractivity contribution in [2.75, 3.05) is 19.6 Å². The molecule has 1 rings (SSSR count). The number of carbonyl (C=O) groups is 1. The summed E-state index contributed by atoms with van der Waals surface area (Å²) in [5, 5.41) is 0. The van der Waals surface area contributed by atoms with E-state index in [0.29, 0.717) is 6.54 Å². The maximum absolute atomic E-state index is 10.3. The van der Waals surface area contributed by atoms with Crippen molar-refractivity contribution in [2.24, 2.45) is 0 Å². The van der Waals surface area contributed by atoms with Crippen LogP contribution in [-0.2, 0) is 4.79 Å². The summed E-state index contributed by atoms with van der Waals surface area (Å²) in [6, 6.07) is 0. The minimum absolute atomic E-state index is 0.275. The van der Waals surface area contributed by atoms with E-state index in [1.165, 1.54) is 0 Å². The first-order chi connectivity index (χ1) is 3.29. The van der Waals surface area contributed by atoms with Crippen molar-refractivity contribution in [1.82, 2.24) is 4.90 Å². The molecule has 1 fully saturated rings. The second kappa shape index (κ2) is 1.62. The van der Waals surface area contributed by atoms with Crippen LogP contribution in [0.3, 0.4) is 0 Å². The average Bonchev–Trinajstić information content (AvgIpc) is 2.17. The molecular weight excluding hydrogens is 90.1 g/mol. The summed E-state index contributed by atoms with van der Waals surface area (Å²) >= 11 is 0. The van der Waals surface area contributed by atoms with E-state index in [-0.39, 0.29) is 5.78 Å². The summed E-state index contributed by atoms with van der Waals surface area (Å²) in [5.74, 6) is 0.275. The molecule has 40 valence electrons. The highest BCUT2D eigenvalue weighted by atomic mass is 16.1. The van der Waals surface area contributed by atoms with Gasteiger partial charge in [-0.15, -0.1) is 0 Å². The van der Waals surface area contributed by atoms with Crippen molar-refractivity contribution in [2.45, 2.75) is 6.92 Å². The van der Waals surface area contributed by atoms with Crippen LogP contribution in [-0.4, -0.2) is 30.3 Å². The highest BCUT2D eigenvalue weighted by Gasteiger charge is 2.17. The van der Waals surface area contributed by atoms with Gasteiger partial charge >= 0.3 is 0 Å². The van der Waals surface area contributed by atoms with E-state index in [1.54, 1.807) is 6.92 Å². The fourth-order valence-electron chi connectivity index (χ4n) is 0.544. The average molecular weight is 99.1 g/mol. The largest absolute Gasteiger partial charge is 0.299 e. The second-order valence-corrected chi connectivity index (χ2v) is 1.98. The van der Waals surface area contributed by atoms with Gasteiger partial charge in [-0.1, -0.05) is 0 Å². The van der Waals surface area contributed by atoms with Crippen LogP contribution >= 0.6 is 0 Å². The summed E-state index contributed by atoms with van der Waals surface area (Å²) in [6.45, 7) is 4.54. The van der Waals surface area contributed by atoms with Crippen LogP contribution in [0.15, 0.2) is 0 Å². The lowest BCUT2D eigenvalue weighted by atomic mass is 10.4. The second-order valence-electron chi connectivity index (χ2n) is 1.98.